The summed E-state index contributed by atoms with van der Waals surface area (Å²) in [7, 11) is -0.639. The van der Waals surface area contributed by atoms with Crippen LogP contribution in [-0.2, 0) is 14.0 Å². The van der Waals surface area contributed by atoms with Gasteiger partial charge in [-0.15, -0.1) is 0 Å². The van der Waals surface area contributed by atoms with E-state index in [1.165, 1.54) is 22.3 Å². The van der Waals surface area contributed by atoms with Gasteiger partial charge in [-0.2, -0.15) is 0 Å². The molecule has 1 N–H and O–H groups in total. The highest BCUT2D eigenvalue weighted by atomic mass is 79.9. The van der Waals surface area contributed by atoms with Crippen molar-refractivity contribution < 1.29 is 18.8 Å². The molecule has 3 aromatic rings. The molecule has 1 fully saturated rings. The number of halogens is 2. The molecule has 0 unspecified atom stereocenters. The molecule has 1 aliphatic carbocycles. The first-order chi connectivity index (χ1) is 18.1. The van der Waals surface area contributed by atoms with E-state index in [4.69, 9.17) is 25.6 Å². The third-order valence-corrected chi connectivity index (χ3v) is 8.59. The monoisotopic (exact) mass is 593 g/mol. The summed E-state index contributed by atoms with van der Waals surface area (Å²) >= 11 is 9.84. The van der Waals surface area contributed by atoms with E-state index in [1.54, 1.807) is 0 Å². The molecule has 38 heavy (non-hydrogen) atoms. The van der Waals surface area contributed by atoms with Gasteiger partial charge in [0.1, 0.15) is 6.61 Å². The summed E-state index contributed by atoms with van der Waals surface area (Å²) < 4.78 is 19.2. The number of benzene rings is 3. The Kier molecular flexibility index (Phi) is 7.49. The normalized spacial score (nSPS) is 17.7. The van der Waals surface area contributed by atoms with Crippen LogP contribution in [0.5, 0.6) is 0 Å². The molecule has 1 amide bonds. The molecule has 196 valence electrons. The number of amides is 1. The van der Waals surface area contributed by atoms with Gasteiger partial charge in [-0.25, -0.2) is 4.79 Å². The topological polar surface area (TPSA) is 56.8 Å². The van der Waals surface area contributed by atoms with E-state index in [1.807, 2.05) is 76.2 Å². The number of hydrogen-bond donors (Lipinski definition) is 1. The summed E-state index contributed by atoms with van der Waals surface area (Å²) in [6.45, 7) is 8.43. The Labute approximate surface area is 237 Å². The number of fused-ring (bicyclic) bond motifs is 3. The molecule has 0 atom stereocenters. The van der Waals surface area contributed by atoms with Crippen molar-refractivity contribution >= 4 is 46.8 Å². The summed E-state index contributed by atoms with van der Waals surface area (Å²) in [5, 5.41) is 3.51. The first-order valence-corrected chi connectivity index (χ1v) is 13.8. The summed E-state index contributed by atoms with van der Waals surface area (Å²) in [4.78, 5) is 12.9. The molecule has 2 aliphatic rings. The van der Waals surface area contributed by atoms with Gasteiger partial charge >= 0.3 is 13.2 Å². The van der Waals surface area contributed by atoms with Crippen molar-refractivity contribution in [2.45, 2.75) is 44.8 Å². The van der Waals surface area contributed by atoms with Gasteiger partial charge in [0.15, 0.2) is 0 Å². The van der Waals surface area contributed by atoms with Crippen LogP contribution in [0, 0.1) is 0 Å². The minimum Gasteiger partial charge on any atom is -0.449 e. The lowest BCUT2D eigenvalue weighted by molar-refractivity contribution is 0.00578. The third-order valence-electron chi connectivity index (χ3n) is 7.64. The highest BCUT2D eigenvalue weighted by molar-refractivity contribution is 9.10. The van der Waals surface area contributed by atoms with Gasteiger partial charge < -0.3 is 19.4 Å². The lowest BCUT2D eigenvalue weighted by Crippen LogP contribution is -2.41. The lowest BCUT2D eigenvalue weighted by atomic mass is 9.77. The summed E-state index contributed by atoms with van der Waals surface area (Å²) in [5.41, 5.74) is 5.29. The SMILES string of the molecule is CC1(C)OB(C(=Cc2cc(Cl)ccc2Br)CNC(=O)OCC2c3ccccc3-c3ccccc32)OC1(C)C. The van der Waals surface area contributed by atoms with Gasteiger partial charge in [0.2, 0.25) is 0 Å². The maximum atomic E-state index is 12.9. The third kappa shape index (κ3) is 5.30. The van der Waals surface area contributed by atoms with Crippen LogP contribution >= 0.6 is 27.5 Å². The van der Waals surface area contributed by atoms with Crippen LogP contribution in [0.3, 0.4) is 0 Å². The van der Waals surface area contributed by atoms with Crippen LogP contribution in [0.25, 0.3) is 17.2 Å². The first-order valence-electron chi connectivity index (χ1n) is 12.7. The van der Waals surface area contributed by atoms with E-state index in [-0.39, 0.29) is 19.1 Å². The van der Waals surface area contributed by atoms with E-state index in [9.17, 15) is 4.79 Å². The molecule has 1 heterocycles. The molecule has 0 bridgehead atoms. The number of carbonyl (C=O) groups excluding carboxylic acids is 1. The smallest absolute Gasteiger partial charge is 0.449 e. The van der Waals surface area contributed by atoms with E-state index >= 15 is 0 Å². The summed E-state index contributed by atoms with van der Waals surface area (Å²) in [6.07, 6.45) is 1.43. The van der Waals surface area contributed by atoms with Gasteiger partial charge in [0.05, 0.1) is 11.2 Å². The molecule has 0 spiro atoms. The van der Waals surface area contributed by atoms with Gasteiger partial charge in [-0.05, 0) is 79.2 Å². The zero-order valence-corrected chi connectivity index (χ0v) is 24.2. The van der Waals surface area contributed by atoms with Crippen molar-refractivity contribution in [3.8, 4) is 11.1 Å². The van der Waals surface area contributed by atoms with Crippen molar-refractivity contribution in [3.63, 3.8) is 0 Å². The number of rotatable bonds is 6. The Bertz CT molecular complexity index is 1350. The second-order valence-electron chi connectivity index (χ2n) is 10.7. The number of carbonyl (C=O) groups is 1. The molecule has 1 aliphatic heterocycles. The van der Waals surface area contributed by atoms with Crippen LogP contribution in [0.2, 0.25) is 5.02 Å². The predicted molar refractivity (Wildman–Crippen MR) is 156 cm³/mol. The number of alkyl carbamates (subject to hydrolysis) is 1. The Morgan fingerprint density at radius 2 is 1.58 bits per heavy atom. The summed E-state index contributed by atoms with van der Waals surface area (Å²) in [5.74, 6) is -0.00586. The predicted octanol–water partition coefficient (Wildman–Crippen LogP) is 7.66. The minimum absolute atomic E-state index is 0.00586. The van der Waals surface area contributed by atoms with Crippen molar-refractivity contribution in [1.29, 1.82) is 0 Å². The quantitative estimate of drug-likeness (QED) is 0.298. The van der Waals surface area contributed by atoms with Crippen LogP contribution in [-0.4, -0.2) is 37.6 Å². The van der Waals surface area contributed by atoms with Crippen molar-refractivity contribution in [3.05, 3.63) is 98.4 Å². The molecule has 5 nitrogen and oxygen atoms in total. The fourth-order valence-corrected chi connectivity index (χ4v) is 5.39. The minimum atomic E-state index is -0.639. The van der Waals surface area contributed by atoms with E-state index in [2.05, 4.69) is 45.5 Å². The van der Waals surface area contributed by atoms with Crippen LogP contribution in [0.1, 0.15) is 50.3 Å². The van der Waals surface area contributed by atoms with Crippen LogP contribution in [0.15, 0.2) is 76.7 Å². The molecule has 5 rings (SSSR count). The summed E-state index contributed by atoms with van der Waals surface area (Å²) in [6, 6.07) is 22.1. The van der Waals surface area contributed by atoms with E-state index in [0.29, 0.717) is 5.02 Å². The van der Waals surface area contributed by atoms with Crippen LogP contribution in [0.4, 0.5) is 4.79 Å². The number of ether oxygens (including phenoxy) is 1. The van der Waals surface area contributed by atoms with E-state index < -0.39 is 24.4 Å². The zero-order valence-electron chi connectivity index (χ0n) is 21.9. The molecule has 0 radical (unpaired) electrons. The van der Waals surface area contributed by atoms with Crippen LogP contribution < -0.4 is 5.32 Å². The molecule has 1 saturated heterocycles. The maximum Gasteiger partial charge on any atom is 0.492 e. The number of hydrogen-bond acceptors (Lipinski definition) is 4. The van der Waals surface area contributed by atoms with E-state index in [0.717, 1.165) is 15.5 Å². The average Bonchev–Trinajstić information content (AvgIpc) is 3.31. The first kappa shape index (κ1) is 27.0. The fraction of sp³-hybridized carbons (Fsp3) is 0.300. The standard InChI is InChI=1S/C30H30BBrClNO4/c1-29(2)30(3,4)38-31(37-29)20(15-19-16-21(33)13-14-27(19)32)17-34-28(35)36-18-26-24-11-7-5-9-22(24)23-10-6-8-12-25(23)26/h5-16,26H,17-18H2,1-4H3,(H,34,35). The average molecular weight is 595 g/mol. The maximum absolute atomic E-state index is 12.9. The number of nitrogens with one attached hydrogen (secondary N) is 1. The molecular formula is C30H30BBrClNO4. The zero-order chi connectivity index (χ0) is 27.1. The molecule has 3 aromatic carbocycles. The van der Waals surface area contributed by atoms with Gasteiger partial charge in [0.25, 0.3) is 0 Å². The Hall–Kier alpha value is -2.58. The Morgan fingerprint density at radius 3 is 2.18 bits per heavy atom. The second-order valence-corrected chi connectivity index (χ2v) is 11.9. The van der Waals surface area contributed by atoms with Gasteiger partial charge in [-0.1, -0.05) is 82.1 Å². The largest absolute Gasteiger partial charge is 0.492 e. The Balaban J connectivity index is 1.31. The van der Waals surface area contributed by atoms with Crippen molar-refractivity contribution in [2.75, 3.05) is 13.2 Å². The Morgan fingerprint density at radius 1 is 1.00 bits per heavy atom. The molecule has 0 aromatic heterocycles. The highest BCUT2D eigenvalue weighted by Gasteiger charge is 2.52. The lowest BCUT2D eigenvalue weighted by Gasteiger charge is -2.32. The molecule has 8 heteroatoms. The van der Waals surface area contributed by atoms with Gasteiger partial charge in [-0.3, -0.25) is 0 Å². The fourth-order valence-electron chi connectivity index (χ4n) is 4.85. The molecule has 0 saturated carbocycles. The highest BCUT2D eigenvalue weighted by Crippen LogP contribution is 2.44. The second kappa shape index (κ2) is 10.5. The van der Waals surface area contributed by atoms with Crippen molar-refractivity contribution in [2.24, 2.45) is 0 Å². The van der Waals surface area contributed by atoms with Crippen molar-refractivity contribution in [1.82, 2.24) is 5.32 Å². The molecular weight excluding hydrogens is 565 g/mol. The van der Waals surface area contributed by atoms with Gasteiger partial charge in [0, 0.05) is 22.0 Å².